The molecule has 0 aliphatic carbocycles. The van der Waals surface area contributed by atoms with Crippen LogP contribution >= 0.6 is 7.56 Å². The van der Waals surface area contributed by atoms with Crippen LogP contribution in [0.2, 0.25) is 0 Å². The largest absolute Gasteiger partial charge is 0.497 e. The maximum absolute atomic E-state index is 13.5. The zero-order valence-corrected chi connectivity index (χ0v) is 20.4. The summed E-state index contributed by atoms with van der Waals surface area (Å²) in [6.07, 6.45) is 0. The second-order valence-electron chi connectivity index (χ2n) is 7.68. The van der Waals surface area contributed by atoms with Crippen molar-refractivity contribution in [3.63, 3.8) is 0 Å². The molecule has 0 radical (unpaired) electrons. The summed E-state index contributed by atoms with van der Waals surface area (Å²) in [5, 5.41) is 8.06. The van der Waals surface area contributed by atoms with Crippen molar-refractivity contribution < 1.29 is 19.1 Å². The number of rotatable bonds is 8. The smallest absolute Gasteiger partial charge is 0.285 e. The van der Waals surface area contributed by atoms with Crippen LogP contribution in [-0.2, 0) is 0 Å². The number of hydrogen-bond acceptors (Lipinski definition) is 4. The van der Waals surface area contributed by atoms with E-state index in [4.69, 9.17) is 9.47 Å². The molecule has 2 N–H and O–H groups in total. The van der Waals surface area contributed by atoms with Gasteiger partial charge in [-0.25, -0.2) is 0 Å². The van der Waals surface area contributed by atoms with Crippen molar-refractivity contribution in [2.75, 3.05) is 14.2 Å². The average molecular weight is 486 g/mol. The van der Waals surface area contributed by atoms with E-state index in [0.29, 0.717) is 22.6 Å². The average Bonchev–Trinajstić information content (AvgIpc) is 2.93. The third kappa shape index (κ3) is 5.34. The monoisotopic (exact) mass is 485 g/mol. The van der Waals surface area contributed by atoms with Crippen molar-refractivity contribution in [3.05, 3.63) is 120 Å². The summed E-state index contributed by atoms with van der Waals surface area (Å²) >= 11 is 0. The van der Waals surface area contributed by atoms with E-state index in [1.54, 1.807) is 62.8 Å². The fourth-order valence-electron chi connectivity index (χ4n) is 3.66. The summed E-state index contributed by atoms with van der Waals surface area (Å²) in [6.45, 7) is 0. The molecule has 0 saturated heterocycles. The summed E-state index contributed by atoms with van der Waals surface area (Å²) in [4.78, 5) is 27.0. The van der Waals surface area contributed by atoms with Gasteiger partial charge in [0, 0.05) is 11.1 Å². The van der Waals surface area contributed by atoms with E-state index in [0.717, 1.165) is 10.6 Å². The van der Waals surface area contributed by atoms with E-state index in [-0.39, 0.29) is 11.8 Å². The first-order chi connectivity index (χ1) is 17.1. The molecule has 4 aromatic rings. The van der Waals surface area contributed by atoms with Crippen molar-refractivity contribution in [1.29, 1.82) is 0 Å². The number of carbonyl (C=O) groups excluding carboxylic acids is 2. The van der Waals surface area contributed by atoms with Gasteiger partial charge in [0.05, 0.1) is 14.2 Å². The Bertz CT molecular complexity index is 1180. The molecule has 4 aromatic carbocycles. The zero-order chi connectivity index (χ0) is 24.7. The minimum atomic E-state index is -2.94. The van der Waals surface area contributed by atoms with E-state index in [1.165, 1.54) is 0 Å². The Kier molecular flexibility index (Phi) is 7.44. The topological polar surface area (TPSA) is 76.7 Å². The molecule has 0 heterocycles. The summed E-state index contributed by atoms with van der Waals surface area (Å²) in [5.74, 6) is 0.704. The first-order valence-electron chi connectivity index (χ1n) is 11.0. The van der Waals surface area contributed by atoms with Crippen LogP contribution in [0.15, 0.2) is 109 Å². The van der Waals surface area contributed by atoms with E-state index >= 15 is 0 Å². The molecule has 0 aliphatic rings. The summed E-state index contributed by atoms with van der Waals surface area (Å²) in [6, 6.07) is 32.8. The standard InChI is InChI=1S/C28H25N2O4P/c1-33-23-17-13-21(14-18-23)27(31)29-35(25-9-5-3-6-10-25,26-11-7-4-8-12-26)30-28(32)22-15-19-24(34-2)20-16-22/h3-20H,1-2H3,(H-,29,30,31,32)/p+1. The van der Waals surface area contributed by atoms with Gasteiger partial charge in [0.15, 0.2) is 0 Å². The van der Waals surface area contributed by atoms with Crippen LogP contribution in [0.3, 0.4) is 0 Å². The molecule has 0 spiro atoms. The van der Waals surface area contributed by atoms with Gasteiger partial charge in [-0.15, -0.1) is 0 Å². The summed E-state index contributed by atoms with van der Waals surface area (Å²) < 4.78 is 10.4. The van der Waals surface area contributed by atoms with E-state index in [2.05, 4.69) is 10.2 Å². The van der Waals surface area contributed by atoms with E-state index < -0.39 is 7.56 Å². The fraction of sp³-hybridized carbons (Fsp3) is 0.0714. The molecule has 0 saturated carbocycles. The van der Waals surface area contributed by atoms with Crippen molar-refractivity contribution in [3.8, 4) is 11.5 Å². The third-order valence-electron chi connectivity index (χ3n) is 5.53. The van der Waals surface area contributed by atoms with E-state index in [1.807, 2.05) is 60.7 Å². The molecule has 0 bridgehead atoms. The van der Waals surface area contributed by atoms with Gasteiger partial charge in [-0.3, -0.25) is 9.59 Å². The van der Waals surface area contributed by atoms with Crippen LogP contribution in [0.1, 0.15) is 20.7 Å². The van der Waals surface area contributed by atoms with Gasteiger partial charge >= 0.3 is 0 Å². The number of hydrogen-bond donors (Lipinski definition) is 2. The molecule has 0 aromatic heterocycles. The van der Waals surface area contributed by atoms with Crippen LogP contribution in [0.5, 0.6) is 11.5 Å². The lowest BCUT2D eigenvalue weighted by Crippen LogP contribution is -2.46. The quantitative estimate of drug-likeness (QED) is 0.364. The third-order valence-corrected chi connectivity index (χ3v) is 8.75. The van der Waals surface area contributed by atoms with Crippen molar-refractivity contribution in [1.82, 2.24) is 10.2 Å². The van der Waals surface area contributed by atoms with Gasteiger partial charge in [0.1, 0.15) is 22.1 Å². The Hall–Kier alpha value is -4.15. The highest BCUT2D eigenvalue weighted by molar-refractivity contribution is 7.87. The number of carbonyl (C=O) groups is 2. The van der Waals surface area contributed by atoms with Crippen LogP contribution in [0.25, 0.3) is 0 Å². The second kappa shape index (κ2) is 10.9. The van der Waals surface area contributed by atoms with Gasteiger partial charge < -0.3 is 9.47 Å². The molecule has 176 valence electrons. The fourth-order valence-corrected chi connectivity index (χ4v) is 6.63. The molecule has 4 rings (SSSR count). The van der Waals surface area contributed by atoms with Crippen LogP contribution < -0.4 is 30.3 Å². The van der Waals surface area contributed by atoms with Crippen LogP contribution in [-0.4, -0.2) is 26.0 Å². The van der Waals surface area contributed by atoms with Gasteiger partial charge in [0.25, 0.3) is 19.4 Å². The maximum Gasteiger partial charge on any atom is 0.285 e. The Morgan fingerprint density at radius 2 is 0.886 bits per heavy atom. The first kappa shape index (κ1) is 24.0. The number of amides is 2. The van der Waals surface area contributed by atoms with Crippen LogP contribution in [0.4, 0.5) is 0 Å². The lowest BCUT2D eigenvalue weighted by molar-refractivity contribution is 0.0977. The lowest BCUT2D eigenvalue weighted by atomic mass is 10.2. The highest BCUT2D eigenvalue weighted by Gasteiger charge is 2.47. The molecule has 0 fully saturated rings. The lowest BCUT2D eigenvalue weighted by Gasteiger charge is -2.27. The summed E-state index contributed by atoms with van der Waals surface area (Å²) in [7, 11) is 0.206. The summed E-state index contributed by atoms with van der Waals surface area (Å²) in [5.41, 5.74) is 0.918. The van der Waals surface area contributed by atoms with Crippen LogP contribution in [0, 0.1) is 0 Å². The first-order valence-corrected chi connectivity index (χ1v) is 12.8. The van der Waals surface area contributed by atoms with Crippen molar-refractivity contribution in [2.45, 2.75) is 0 Å². The van der Waals surface area contributed by atoms with Crippen molar-refractivity contribution >= 4 is 30.0 Å². The Morgan fingerprint density at radius 1 is 0.543 bits per heavy atom. The Labute approximate surface area is 205 Å². The molecule has 6 nitrogen and oxygen atoms in total. The molecule has 35 heavy (non-hydrogen) atoms. The van der Waals surface area contributed by atoms with E-state index in [9.17, 15) is 9.59 Å². The molecular weight excluding hydrogens is 459 g/mol. The highest BCUT2D eigenvalue weighted by Crippen LogP contribution is 2.48. The van der Waals surface area contributed by atoms with Gasteiger partial charge in [0.2, 0.25) is 0 Å². The minimum Gasteiger partial charge on any atom is -0.497 e. The minimum absolute atomic E-state index is 0.302. The molecule has 0 atom stereocenters. The second-order valence-corrected chi connectivity index (χ2v) is 10.5. The zero-order valence-electron chi connectivity index (χ0n) is 19.5. The SMILES string of the molecule is COc1ccc(C(=O)N[P+](NC(=O)c2ccc(OC)cc2)(c2ccccc2)c2ccccc2)cc1. The number of ether oxygens (including phenoxy) is 2. The van der Waals surface area contributed by atoms with Gasteiger partial charge in [-0.2, -0.15) is 10.2 Å². The molecular formula is C28H26N2O4P+. The Balaban J connectivity index is 1.79. The number of methoxy groups -OCH3 is 2. The predicted octanol–water partition coefficient (Wildman–Crippen LogP) is 4.36. The predicted molar refractivity (Wildman–Crippen MR) is 140 cm³/mol. The molecule has 7 heteroatoms. The van der Waals surface area contributed by atoms with Crippen molar-refractivity contribution in [2.24, 2.45) is 0 Å². The maximum atomic E-state index is 13.5. The van der Waals surface area contributed by atoms with Gasteiger partial charge in [-0.05, 0) is 72.8 Å². The highest BCUT2D eigenvalue weighted by atomic mass is 31.2. The molecule has 0 unspecified atom stereocenters. The number of nitrogens with one attached hydrogen (secondary N) is 2. The number of benzene rings is 4. The molecule has 0 aliphatic heterocycles. The molecule has 2 amide bonds. The normalized spacial score (nSPS) is 10.8. The van der Waals surface area contributed by atoms with Gasteiger partial charge in [-0.1, -0.05) is 36.4 Å². The Morgan fingerprint density at radius 3 is 1.20 bits per heavy atom.